The fourth-order valence-corrected chi connectivity index (χ4v) is 2.34. The quantitative estimate of drug-likeness (QED) is 0.865. The Labute approximate surface area is 125 Å². The van der Waals surface area contributed by atoms with Gasteiger partial charge in [-0.25, -0.2) is 0 Å². The Kier molecular flexibility index (Phi) is 5.45. The molecule has 0 heterocycles. The van der Waals surface area contributed by atoms with Gasteiger partial charge >= 0.3 is 0 Å². The van der Waals surface area contributed by atoms with E-state index in [2.05, 4.69) is 30.4 Å². The largest absolute Gasteiger partial charge is 0.497 e. The van der Waals surface area contributed by atoms with E-state index in [4.69, 9.17) is 16.3 Å². The Balaban J connectivity index is 1.84. The maximum Gasteiger partial charge on any atom is 0.118 e. The van der Waals surface area contributed by atoms with Gasteiger partial charge in [0.1, 0.15) is 5.75 Å². The van der Waals surface area contributed by atoms with Crippen LogP contribution in [0.1, 0.15) is 18.1 Å². The van der Waals surface area contributed by atoms with Crippen molar-refractivity contribution < 1.29 is 4.74 Å². The molecule has 20 heavy (non-hydrogen) atoms. The van der Waals surface area contributed by atoms with Gasteiger partial charge in [-0.2, -0.15) is 0 Å². The van der Waals surface area contributed by atoms with E-state index in [1.807, 2.05) is 30.3 Å². The molecule has 0 aliphatic rings. The van der Waals surface area contributed by atoms with Crippen LogP contribution in [-0.4, -0.2) is 13.2 Å². The Hall–Kier alpha value is -1.51. The molecule has 2 rings (SSSR count). The van der Waals surface area contributed by atoms with E-state index in [1.165, 1.54) is 11.1 Å². The van der Waals surface area contributed by atoms with Crippen LogP contribution in [0.2, 0.25) is 5.02 Å². The van der Waals surface area contributed by atoms with E-state index in [0.29, 0.717) is 6.04 Å². The summed E-state index contributed by atoms with van der Waals surface area (Å²) >= 11 is 5.98. The number of hydrogen-bond donors (Lipinski definition) is 1. The molecule has 2 nitrogen and oxygen atoms in total. The second kappa shape index (κ2) is 7.32. The minimum absolute atomic E-state index is 0.405. The van der Waals surface area contributed by atoms with E-state index in [9.17, 15) is 0 Å². The van der Waals surface area contributed by atoms with Crippen molar-refractivity contribution in [2.45, 2.75) is 25.9 Å². The summed E-state index contributed by atoms with van der Waals surface area (Å²) in [6, 6.07) is 16.6. The van der Waals surface area contributed by atoms with E-state index < -0.39 is 0 Å². The molecule has 0 amide bonds. The third-order valence-corrected chi connectivity index (χ3v) is 3.48. The zero-order valence-corrected chi connectivity index (χ0v) is 12.7. The molecule has 3 heteroatoms. The minimum atomic E-state index is 0.405. The fourth-order valence-electron chi connectivity index (χ4n) is 2.13. The van der Waals surface area contributed by atoms with Gasteiger partial charge in [0.15, 0.2) is 0 Å². The molecular formula is C17H20ClNO. The topological polar surface area (TPSA) is 21.3 Å². The predicted octanol–water partition coefficient (Wildman–Crippen LogP) is 4.07. The number of halogens is 1. The van der Waals surface area contributed by atoms with Crippen LogP contribution in [0.4, 0.5) is 0 Å². The Morgan fingerprint density at radius 3 is 2.50 bits per heavy atom. The molecule has 0 spiro atoms. The zero-order valence-electron chi connectivity index (χ0n) is 11.9. The molecule has 0 aliphatic heterocycles. The van der Waals surface area contributed by atoms with Gasteiger partial charge in [-0.1, -0.05) is 35.9 Å². The highest BCUT2D eigenvalue weighted by atomic mass is 35.5. The lowest BCUT2D eigenvalue weighted by molar-refractivity contribution is 0.414. The molecule has 0 saturated heterocycles. The van der Waals surface area contributed by atoms with Gasteiger partial charge in [0.25, 0.3) is 0 Å². The van der Waals surface area contributed by atoms with Crippen molar-refractivity contribution in [3.05, 3.63) is 64.7 Å². The first-order valence-corrected chi connectivity index (χ1v) is 7.16. The molecular weight excluding hydrogens is 270 g/mol. The summed E-state index contributed by atoms with van der Waals surface area (Å²) in [6.07, 6.45) is 0.991. The molecule has 106 valence electrons. The number of benzene rings is 2. The van der Waals surface area contributed by atoms with Crippen molar-refractivity contribution in [3.8, 4) is 5.75 Å². The van der Waals surface area contributed by atoms with Gasteiger partial charge in [-0.3, -0.25) is 0 Å². The zero-order chi connectivity index (χ0) is 14.4. The number of rotatable bonds is 6. The first kappa shape index (κ1) is 14.9. The lowest BCUT2D eigenvalue weighted by Crippen LogP contribution is -2.27. The van der Waals surface area contributed by atoms with Gasteiger partial charge < -0.3 is 10.1 Å². The molecule has 0 radical (unpaired) electrons. The summed E-state index contributed by atoms with van der Waals surface area (Å²) in [5.74, 6) is 0.897. The third-order valence-electron chi connectivity index (χ3n) is 3.24. The number of methoxy groups -OCH3 is 1. The van der Waals surface area contributed by atoms with Crippen LogP contribution in [0.5, 0.6) is 5.75 Å². The van der Waals surface area contributed by atoms with E-state index in [1.54, 1.807) is 7.11 Å². The SMILES string of the molecule is COc1ccc(CC(C)NCc2cccc(Cl)c2)cc1. The second-order valence-corrected chi connectivity index (χ2v) is 5.40. The summed E-state index contributed by atoms with van der Waals surface area (Å²) in [4.78, 5) is 0. The lowest BCUT2D eigenvalue weighted by atomic mass is 10.1. The van der Waals surface area contributed by atoms with Crippen LogP contribution in [-0.2, 0) is 13.0 Å². The molecule has 0 fully saturated rings. The van der Waals surface area contributed by atoms with E-state index in [0.717, 1.165) is 23.7 Å². The second-order valence-electron chi connectivity index (χ2n) is 4.96. The van der Waals surface area contributed by atoms with Crippen LogP contribution in [0, 0.1) is 0 Å². The summed E-state index contributed by atoms with van der Waals surface area (Å²) in [6.45, 7) is 3.02. The van der Waals surface area contributed by atoms with Gasteiger partial charge in [-0.15, -0.1) is 0 Å². The third kappa shape index (κ3) is 4.55. The summed E-state index contributed by atoms with van der Waals surface area (Å²) in [5, 5.41) is 4.30. The monoisotopic (exact) mass is 289 g/mol. The summed E-state index contributed by atoms with van der Waals surface area (Å²) in [5.41, 5.74) is 2.51. The maximum atomic E-state index is 5.98. The minimum Gasteiger partial charge on any atom is -0.497 e. The van der Waals surface area contributed by atoms with Crippen molar-refractivity contribution in [1.82, 2.24) is 5.32 Å². The molecule has 2 aromatic carbocycles. The standard InChI is InChI=1S/C17H20ClNO/c1-13(10-14-6-8-17(20-2)9-7-14)19-12-15-4-3-5-16(18)11-15/h3-9,11,13,19H,10,12H2,1-2H3. The normalized spacial score (nSPS) is 12.2. The van der Waals surface area contributed by atoms with Gasteiger partial charge in [0.2, 0.25) is 0 Å². The van der Waals surface area contributed by atoms with E-state index in [-0.39, 0.29) is 0 Å². The van der Waals surface area contributed by atoms with Gasteiger partial charge in [-0.05, 0) is 48.7 Å². The molecule has 1 N–H and O–H groups in total. The predicted molar refractivity (Wildman–Crippen MR) is 84.5 cm³/mol. The van der Waals surface area contributed by atoms with Crippen molar-refractivity contribution >= 4 is 11.6 Å². The Bertz CT molecular complexity index is 539. The Morgan fingerprint density at radius 1 is 1.10 bits per heavy atom. The van der Waals surface area contributed by atoms with Gasteiger partial charge in [0.05, 0.1) is 7.11 Å². The average molecular weight is 290 g/mol. The van der Waals surface area contributed by atoms with Crippen LogP contribution < -0.4 is 10.1 Å². The first-order chi connectivity index (χ1) is 9.67. The van der Waals surface area contributed by atoms with E-state index >= 15 is 0 Å². The summed E-state index contributed by atoms with van der Waals surface area (Å²) < 4.78 is 5.16. The summed E-state index contributed by atoms with van der Waals surface area (Å²) in [7, 11) is 1.68. The van der Waals surface area contributed by atoms with Crippen molar-refractivity contribution in [1.29, 1.82) is 0 Å². The first-order valence-electron chi connectivity index (χ1n) is 6.78. The van der Waals surface area contributed by atoms with Crippen molar-refractivity contribution in [2.24, 2.45) is 0 Å². The number of hydrogen-bond acceptors (Lipinski definition) is 2. The van der Waals surface area contributed by atoms with Crippen LogP contribution >= 0.6 is 11.6 Å². The molecule has 1 unspecified atom stereocenters. The lowest BCUT2D eigenvalue weighted by Gasteiger charge is -2.14. The molecule has 0 bridgehead atoms. The molecule has 1 atom stereocenters. The van der Waals surface area contributed by atoms with Crippen LogP contribution in [0.15, 0.2) is 48.5 Å². The highest BCUT2D eigenvalue weighted by Crippen LogP contribution is 2.13. The fraction of sp³-hybridized carbons (Fsp3) is 0.294. The van der Waals surface area contributed by atoms with Crippen LogP contribution in [0.3, 0.4) is 0 Å². The molecule has 0 aliphatic carbocycles. The highest BCUT2D eigenvalue weighted by molar-refractivity contribution is 6.30. The highest BCUT2D eigenvalue weighted by Gasteiger charge is 2.04. The molecule has 0 saturated carbocycles. The van der Waals surface area contributed by atoms with Crippen molar-refractivity contribution in [3.63, 3.8) is 0 Å². The average Bonchev–Trinajstić information content (AvgIpc) is 2.46. The number of nitrogens with one attached hydrogen (secondary N) is 1. The van der Waals surface area contributed by atoms with Gasteiger partial charge in [0, 0.05) is 17.6 Å². The smallest absolute Gasteiger partial charge is 0.118 e. The number of ether oxygens (including phenoxy) is 1. The molecule has 0 aromatic heterocycles. The van der Waals surface area contributed by atoms with Crippen molar-refractivity contribution in [2.75, 3.05) is 7.11 Å². The molecule has 2 aromatic rings. The maximum absolute atomic E-state index is 5.98. The Morgan fingerprint density at radius 2 is 1.85 bits per heavy atom. The van der Waals surface area contributed by atoms with Crippen LogP contribution in [0.25, 0.3) is 0 Å².